The summed E-state index contributed by atoms with van der Waals surface area (Å²) in [6.07, 6.45) is 2.32. The average molecular weight is 288 g/mol. The number of nitrogens with one attached hydrogen (secondary N) is 1. The second-order valence-electron chi connectivity index (χ2n) is 4.94. The normalized spacial score (nSPS) is 15.7. The van der Waals surface area contributed by atoms with E-state index in [1.165, 1.54) is 11.3 Å². The molecule has 1 heterocycles. The van der Waals surface area contributed by atoms with Crippen LogP contribution in [0.1, 0.15) is 34.9 Å². The van der Waals surface area contributed by atoms with Crippen LogP contribution in [0.4, 0.5) is 0 Å². The molecule has 0 spiro atoms. The fourth-order valence-corrected chi connectivity index (χ4v) is 2.79. The van der Waals surface area contributed by atoms with E-state index in [0.29, 0.717) is 11.6 Å². The molecule has 2 aromatic rings. The van der Waals surface area contributed by atoms with Crippen LogP contribution in [0.2, 0.25) is 0 Å². The summed E-state index contributed by atoms with van der Waals surface area (Å²) >= 11 is 1.43. The van der Waals surface area contributed by atoms with E-state index < -0.39 is 0 Å². The highest BCUT2D eigenvalue weighted by Gasteiger charge is 2.33. The number of amides is 1. The monoisotopic (exact) mass is 288 g/mol. The lowest BCUT2D eigenvalue weighted by Crippen LogP contribution is -2.30. The van der Waals surface area contributed by atoms with Crippen molar-refractivity contribution in [2.75, 3.05) is 7.11 Å². The topological polar surface area (TPSA) is 51.2 Å². The predicted molar refractivity (Wildman–Crippen MR) is 78.0 cm³/mol. The maximum absolute atomic E-state index is 12.2. The van der Waals surface area contributed by atoms with Gasteiger partial charge in [-0.3, -0.25) is 4.79 Å². The van der Waals surface area contributed by atoms with E-state index in [9.17, 15) is 4.79 Å². The Kier molecular flexibility index (Phi) is 3.69. The Bertz CT molecular complexity index is 576. The highest BCUT2D eigenvalue weighted by atomic mass is 32.1. The van der Waals surface area contributed by atoms with Crippen molar-refractivity contribution in [1.82, 2.24) is 10.3 Å². The Balaban J connectivity index is 1.76. The number of carbonyl (C=O) groups is 1. The maximum Gasteiger partial charge on any atom is 0.271 e. The number of benzene rings is 1. The molecule has 1 aromatic carbocycles. The molecular weight excluding hydrogens is 272 g/mol. The van der Waals surface area contributed by atoms with Gasteiger partial charge in [0, 0.05) is 5.38 Å². The molecule has 104 valence electrons. The van der Waals surface area contributed by atoms with Crippen LogP contribution < -0.4 is 10.1 Å². The number of aromatic nitrogens is 1. The van der Waals surface area contributed by atoms with E-state index in [1.807, 2.05) is 24.3 Å². The van der Waals surface area contributed by atoms with Crippen LogP contribution in [0, 0.1) is 5.92 Å². The molecule has 1 aliphatic rings. The van der Waals surface area contributed by atoms with E-state index in [2.05, 4.69) is 10.3 Å². The van der Waals surface area contributed by atoms with E-state index in [-0.39, 0.29) is 11.9 Å². The smallest absolute Gasteiger partial charge is 0.271 e. The average Bonchev–Trinajstić information content (AvgIpc) is 3.17. The Morgan fingerprint density at radius 1 is 1.40 bits per heavy atom. The van der Waals surface area contributed by atoms with Gasteiger partial charge in [0.25, 0.3) is 5.91 Å². The highest BCUT2D eigenvalue weighted by Crippen LogP contribution is 2.41. The number of rotatable bonds is 5. The van der Waals surface area contributed by atoms with Gasteiger partial charge in [-0.05, 0) is 36.5 Å². The highest BCUT2D eigenvalue weighted by molar-refractivity contribution is 7.07. The van der Waals surface area contributed by atoms with Crippen LogP contribution in [0.3, 0.4) is 0 Å². The third-order valence-corrected chi connectivity index (χ3v) is 4.11. The van der Waals surface area contributed by atoms with Crippen molar-refractivity contribution in [1.29, 1.82) is 0 Å². The second-order valence-corrected chi connectivity index (χ2v) is 5.65. The second kappa shape index (κ2) is 5.63. The van der Waals surface area contributed by atoms with Gasteiger partial charge in [0.2, 0.25) is 0 Å². The minimum Gasteiger partial charge on any atom is -0.497 e. The zero-order valence-electron chi connectivity index (χ0n) is 11.2. The summed E-state index contributed by atoms with van der Waals surface area (Å²) in [6.45, 7) is 0. The summed E-state index contributed by atoms with van der Waals surface area (Å²) < 4.78 is 5.17. The molecule has 4 nitrogen and oxygen atoms in total. The fraction of sp³-hybridized carbons (Fsp3) is 0.333. The van der Waals surface area contributed by atoms with Crippen LogP contribution in [-0.2, 0) is 0 Å². The zero-order valence-corrected chi connectivity index (χ0v) is 12.0. The fourth-order valence-electron chi connectivity index (χ4n) is 2.25. The molecule has 0 bridgehead atoms. The summed E-state index contributed by atoms with van der Waals surface area (Å²) in [5, 5.41) is 4.87. The van der Waals surface area contributed by atoms with Crippen molar-refractivity contribution in [2.24, 2.45) is 5.92 Å². The summed E-state index contributed by atoms with van der Waals surface area (Å²) in [6, 6.07) is 7.96. The van der Waals surface area contributed by atoms with Crippen LogP contribution in [0.25, 0.3) is 0 Å². The molecule has 1 unspecified atom stereocenters. The molecule has 0 saturated heterocycles. The molecule has 1 aromatic heterocycles. The third-order valence-electron chi connectivity index (χ3n) is 3.52. The lowest BCUT2D eigenvalue weighted by molar-refractivity contribution is 0.0927. The molecule has 3 rings (SSSR count). The first kappa shape index (κ1) is 13.1. The summed E-state index contributed by atoms with van der Waals surface area (Å²) in [5.41, 5.74) is 3.29. The van der Waals surface area contributed by atoms with Gasteiger partial charge in [-0.1, -0.05) is 12.1 Å². The van der Waals surface area contributed by atoms with Crippen molar-refractivity contribution >= 4 is 17.2 Å². The zero-order chi connectivity index (χ0) is 13.9. The van der Waals surface area contributed by atoms with Gasteiger partial charge in [0.05, 0.1) is 18.7 Å². The number of nitrogens with zero attached hydrogens (tertiary/aromatic N) is 1. The van der Waals surface area contributed by atoms with Crippen LogP contribution in [0.5, 0.6) is 5.75 Å². The number of methoxy groups -OCH3 is 1. The molecule has 1 atom stereocenters. The van der Waals surface area contributed by atoms with Crippen molar-refractivity contribution in [3.05, 3.63) is 46.4 Å². The van der Waals surface area contributed by atoms with E-state index in [1.54, 1.807) is 18.0 Å². The van der Waals surface area contributed by atoms with Gasteiger partial charge >= 0.3 is 0 Å². The Hall–Kier alpha value is -1.88. The quantitative estimate of drug-likeness (QED) is 0.920. The molecule has 1 saturated carbocycles. The summed E-state index contributed by atoms with van der Waals surface area (Å²) in [7, 11) is 1.65. The van der Waals surface area contributed by atoms with Gasteiger partial charge in [-0.15, -0.1) is 11.3 Å². The van der Waals surface area contributed by atoms with Crippen LogP contribution in [0.15, 0.2) is 35.2 Å². The van der Waals surface area contributed by atoms with Gasteiger partial charge in [0.1, 0.15) is 11.4 Å². The Labute approximate surface area is 121 Å². The molecule has 1 N–H and O–H groups in total. The van der Waals surface area contributed by atoms with Crippen molar-refractivity contribution < 1.29 is 9.53 Å². The van der Waals surface area contributed by atoms with Crippen LogP contribution in [-0.4, -0.2) is 18.0 Å². The maximum atomic E-state index is 12.2. The number of hydrogen-bond donors (Lipinski definition) is 1. The van der Waals surface area contributed by atoms with Gasteiger partial charge in [0.15, 0.2) is 0 Å². The lowest BCUT2D eigenvalue weighted by atomic mass is 10.0. The van der Waals surface area contributed by atoms with Crippen molar-refractivity contribution in [3.63, 3.8) is 0 Å². The number of hydrogen-bond acceptors (Lipinski definition) is 4. The van der Waals surface area contributed by atoms with Crippen LogP contribution >= 0.6 is 11.3 Å². The Morgan fingerprint density at radius 3 is 2.70 bits per heavy atom. The molecule has 1 amide bonds. The molecule has 1 aliphatic carbocycles. The molecule has 5 heteroatoms. The minimum atomic E-state index is -0.0982. The summed E-state index contributed by atoms with van der Waals surface area (Å²) in [5.74, 6) is 1.26. The number of carbonyl (C=O) groups excluding carboxylic acids is 1. The number of thiazole rings is 1. The standard InChI is InChI=1S/C15H16N2O2S/c1-19-12-6-4-11(5-7-12)14(10-2-3-10)17-15(18)13-8-20-9-16-13/h4-10,14H,2-3H2,1H3,(H,17,18). The molecular formula is C15H16N2O2S. The molecule has 1 fully saturated rings. The van der Waals surface area contributed by atoms with Gasteiger partial charge in [-0.25, -0.2) is 4.98 Å². The van der Waals surface area contributed by atoms with Crippen molar-refractivity contribution in [2.45, 2.75) is 18.9 Å². The SMILES string of the molecule is COc1ccc(C(NC(=O)c2cscn2)C2CC2)cc1. The molecule has 20 heavy (non-hydrogen) atoms. The lowest BCUT2D eigenvalue weighted by Gasteiger charge is -2.18. The van der Waals surface area contributed by atoms with Gasteiger partial charge < -0.3 is 10.1 Å². The number of ether oxygens (including phenoxy) is 1. The molecule has 0 radical (unpaired) electrons. The van der Waals surface area contributed by atoms with E-state index >= 15 is 0 Å². The van der Waals surface area contributed by atoms with E-state index in [4.69, 9.17) is 4.74 Å². The largest absolute Gasteiger partial charge is 0.497 e. The third kappa shape index (κ3) is 2.82. The minimum absolute atomic E-state index is 0.0649. The van der Waals surface area contributed by atoms with Gasteiger partial charge in [-0.2, -0.15) is 0 Å². The van der Waals surface area contributed by atoms with E-state index in [0.717, 1.165) is 24.2 Å². The first-order valence-electron chi connectivity index (χ1n) is 6.61. The van der Waals surface area contributed by atoms with Crippen molar-refractivity contribution in [3.8, 4) is 5.75 Å². The first-order chi connectivity index (χ1) is 9.78. The predicted octanol–water partition coefficient (Wildman–Crippen LogP) is 3.03. The Morgan fingerprint density at radius 2 is 2.15 bits per heavy atom. The first-order valence-corrected chi connectivity index (χ1v) is 7.55. The molecule has 0 aliphatic heterocycles. The summed E-state index contributed by atoms with van der Waals surface area (Å²) in [4.78, 5) is 16.2.